The summed E-state index contributed by atoms with van der Waals surface area (Å²) in [6, 6.07) is 5.81. The van der Waals surface area contributed by atoms with Crippen LogP contribution in [0.4, 0.5) is 4.39 Å². The number of halogens is 1. The molecule has 0 aliphatic rings. The van der Waals surface area contributed by atoms with Crippen LogP contribution >= 0.6 is 0 Å². The molecule has 0 spiro atoms. The van der Waals surface area contributed by atoms with Crippen LogP contribution in [0.2, 0.25) is 0 Å². The lowest BCUT2D eigenvalue weighted by Gasteiger charge is -2.01. The molecule has 0 saturated carbocycles. The third-order valence-electron chi connectivity index (χ3n) is 1.23. The fraction of sp³-hybridized carbons (Fsp3) is 0.143. The third kappa shape index (κ3) is 2.28. The minimum atomic E-state index is -2.05. The topological polar surface area (TPSA) is 46.5 Å². The maximum atomic E-state index is 11.7. The van der Waals surface area contributed by atoms with Crippen LogP contribution in [0.15, 0.2) is 29.2 Å². The maximum absolute atomic E-state index is 11.7. The Bertz CT molecular complexity index is 290. The van der Waals surface area contributed by atoms with Crippen LogP contribution in [0, 0.1) is 0 Å². The molecular weight excluding hydrogens is 183 g/mol. The first-order valence-electron chi connectivity index (χ1n) is 3.13. The molecule has 0 aliphatic heterocycles. The molecule has 0 saturated heterocycles. The third-order valence-corrected chi connectivity index (χ3v) is 1.89. The SMILES string of the molecule is O=S(O)c1cccc(OCF)c1. The monoisotopic (exact) mass is 190 g/mol. The number of hydrogen-bond donors (Lipinski definition) is 1. The first kappa shape index (κ1) is 9.15. The zero-order chi connectivity index (χ0) is 8.97. The average Bonchev–Trinajstić information content (AvgIpc) is 2.05. The minimum absolute atomic E-state index is 0.195. The normalized spacial score (nSPS) is 12.5. The smallest absolute Gasteiger partial charge is 0.228 e. The van der Waals surface area contributed by atoms with E-state index in [9.17, 15) is 8.60 Å². The van der Waals surface area contributed by atoms with Crippen molar-refractivity contribution < 1.29 is 17.9 Å². The lowest BCUT2D eigenvalue weighted by atomic mass is 10.3. The second-order valence-corrected chi connectivity index (χ2v) is 2.95. The van der Waals surface area contributed by atoms with Gasteiger partial charge in [0.05, 0.1) is 4.90 Å². The largest absolute Gasteiger partial charge is 0.463 e. The zero-order valence-electron chi connectivity index (χ0n) is 6.07. The molecule has 0 radical (unpaired) electrons. The summed E-state index contributed by atoms with van der Waals surface area (Å²) in [5, 5.41) is 0. The minimum Gasteiger partial charge on any atom is -0.463 e. The van der Waals surface area contributed by atoms with E-state index < -0.39 is 17.9 Å². The van der Waals surface area contributed by atoms with Crippen molar-refractivity contribution in [3.63, 3.8) is 0 Å². The molecular formula is C7H7FO3S. The Kier molecular flexibility index (Phi) is 3.19. The van der Waals surface area contributed by atoms with Gasteiger partial charge in [0.15, 0.2) is 11.1 Å². The van der Waals surface area contributed by atoms with Gasteiger partial charge in [-0.15, -0.1) is 0 Å². The molecule has 0 heterocycles. The lowest BCUT2D eigenvalue weighted by Crippen LogP contribution is -1.92. The molecule has 5 heteroatoms. The molecule has 12 heavy (non-hydrogen) atoms. The highest BCUT2D eigenvalue weighted by Gasteiger charge is 2.00. The quantitative estimate of drug-likeness (QED) is 0.736. The van der Waals surface area contributed by atoms with Gasteiger partial charge >= 0.3 is 0 Å². The van der Waals surface area contributed by atoms with Gasteiger partial charge in [-0.05, 0) is 18.2 Å². The standard InChI is InChI=1S/C7H7FO3S/c8-5-11-6-2-1-3-7(4-6)12(9)10/h1-4H,5H2,(H,9,10). The van der Waals surface area contributed by atoms with Crippen LogP contribution in [-0.4, -0.2) is 15.6 Å². The molecule has 3 nitrogen and oxygen atoms in total. The summed E-state index contributed by atoms with van der Waals surface area (Å²) in [7, 11) is 0. The Balaban J connectivity index is 2.88. The van der Waals surface area contributed by atoms with Crippen molar-refractivity contribution in [1.82, 2.24) is 0 Å². The summed E-state index contributed by atoms with van der Waals surface area (Å²) in [5.41, 5.74) is 0. The van der Waals surface area contributed by atoms with Gasteiger partial charge in [0, 0.05) is 0 Å². The first-order chi connectivity index (χ1) is 5.74. The Morgan fingerprint density at radius 3 is 2.92 bits per heavy atom. The fourth-order valence-electron chi connectivity index (χ4n) is 0.736. The molecule has 1 atom stereocenters. The van der Waals surface area contributed by atoms with Crippen LogP contribution in [0.5, 0.6) is 5.75 Å². The number of hydrogen-bond acceptors (Lipinski definition) is 2. The second-order valence-electron chi connectivity index (χ2n) is 1.98. The number of alkyl halides is 1. The van der Waals surface area contributed by atoms with E-state index >= 15 is 0 Å². The molecule has 1 aromatic carbocycles. The van der Waals surface area contributed by atoms with E-state index in [1.807, 2.05) is 0 Å². The molecule has 0 fully saturated rings. The van der Waals surface area contributed by atoms with E-state index in [0.29, 0.717) is 0 Å². The van der Waals surface area contributed by atoms with Gasteiger partial charge in [-0.2, -0.15) is 0 Å². The average molecular weight is 190 g/mol. The summed E-state index contributed by atoms with van der Waals surface area (Å²) in [6.45, 7) is -0.943. The Labute approximate surface area is 71.5 Å². The van der Waals surface area contributed by atoms with Crippen LogP contribution < -0.4 is 4.74 Å². The molecule has 1 N–H and O–H groups in total. The van der Waals surface area contributed by atoms with Gasteiger partial charge in [-0.1, -0.05) is 6.07 Å². The van der Waals surface area contributed by atoms with Gasteiger partial charge in [0.2, 0.25) is 6.86 Å². The van der Waals surface area contributed by atoms with Crippen molar-refractivity contribution in [3.8, 4) is 5.75 Å². The van der Waals surface area contributed by atoms with Crippen LogP contribution in [-0.2, 0) is 11.1 Å². The molecule has 0 amide bonds. The van der Waals surface area contributed by atoms with E-state index in [-0.39, 0.29) is 10.6 Å². The lowest BCUT2D eigenvalue weighted by molar-refractivity contribution is 0.191. The Morgan fingerprint density at radius 1 is 1.58 bits per heavy atom. The van der Waals surface area contributed by atoms with Crippen LogP contribution in [0.3, 0.4) is 0 Å². The summed E-state index contributed by atoms with van der Waals surface area (Å²) in [4.78, 5) is 0.195. The van der Waals surface area contributed by atoms with Crippen molar-refractivity contribution in [2.45, 2.75) is 4.90 Å². The Morgan fingerprint density at radius 2 is 2.33 bits per heavy atom. The van der Waals surface area contributed by atoms with Crippen LogP contribution in [0.25, 0.3) is 0 Å². The van der Waals surface area contributed by atoms with Crippen molar-refractivity contribution in [2.24, 2.45) is 0 Å². The van der Waals surface area contributed by atoms with Gasteiger partial charge in [0.1, 0.15) is 5.75 Å². The predicted molar refractivity (Wildman–Crippen MR) is 42.1 cm³/mol. The molecule has 1 aromatic rings. The molecule has 66 valence electrons. The Hall–Kier alpha value is -0.940. The van der Waals surface area contributed by atoms with Gasteiger partial charge in [-0.3, -0.25) is 0 Å². The van der Waals surface area contributed by atoms with Crippen molar-refractivity contribution in [3.05, 3.63) is 24.3 Å². The van der Waals surface area contributed by atoms with Gasteiger partial charge in [0.25, 0.3) is 0 Å². The molecule has 0 aliphatic carbocycles. The van der Waals surface area contributed by atoms with E-state index in [4.69, 9.17) is 4.55 Å². The molecule has 0 bridgehead atoms. The van der Waals surface area contributed by atoms with E-state index in [1.54, 1.807) is 0 Å². The summed E-state index contributed by atoms with van der Waals surface area (Å²) in [6.07, 6.45) is 0. The molecule has 0 aromatic heterocycles. The van der Waals surface area contributed by atoms with Crippen molar-refractivity contribution in [1.29, 1.82) is 0 Å². The second kappa shape index (κ2) is 4.18. The van der Waals surface area contributed by atoms with E-state index in [1.165, 1.54) is 24.3 Å². The maximum Gasteiger partial charge on any atom is 0.228 e. The van der Waals surface area contributed by atoms with Gasteiger partial charge in [-0.25, -0.2) is 8.60 Å². The zero-order valence-corrected chi connectivity index (χ0v) is 6.88. The summed E-state index contributed by atoms with van der Waals surface area (Å²) < 4.78 is 35.3. The number of benzene rings is 1. The number of rotatable bonds is 3. The predicted octanol–water partition coefficient (Wildman–Crippen LogP) is 1.57. The van der Waals surface area contributed by atoms with E-state index in [2.05, 4.69) is 4.74 Å². The first-order valence-corrected chi connectivity index (χ1v) is 4.24. The van der Waals surface area contributed by atoms with Crippen LogP contribution in [0.1, 0.15) is 0 Å². The van der Waals surface area contributed by atoms with Gasteiger partial charge < -0.3 is 9.29 Å². The van der Waals surface area contributed by atoms with Crippen molar-refractivity contribution in [2.75, 3.05) is 6.86 Å². The summed E-state index contributed by atoms with van der Waals surface area (Å²) >= 11 is -2.05. The highest BCUT2D eigenvalue weighted by Crippen LogP contribution is 2.15. The fourth-order valence-corrected chi connectivity index (χ4v) is 1.15. The number of ether oxygens (including phenoxy) is 1. The highest BCUT2D eigenvalue weighted by atomic mass is 32.2. The molecule has 1 rings (SSSR count). The van der Waals surface area contributed by atoms with E-state index in [0.717, 1.165) is 0 Å². The summed E-state index contributed by atoms with van der Waals surface area (Å²) in [5.74, 6) is 0.248. The molecule has 1 unspecified atom stereocenters. The van der Waals surface area contributed by atoms with Crippen molar-refractivity contribution >= 4 is 11.1 Å². The highest BCUT2D eigenvalue weighted by molar-refractivity contribution is 7.79.